The zero-order valence-corrected chi connectivity index (χ0v) is 4.70. The maximum absolute atomic E-state index is 2.31. The van der Waals surface area contributed by atoms with Crippen molar-refractivity contribution in [3.05, 3.63) is 0 Å². The van der Waals surface area contributed by atoms with Crippen LogP contribution in [-0.2, 0) is 0 Å². The molecule has 0 N–H and O–H groups in total. The van der Waals surface area contributed by atoms with Crippen LogP contribution in [0, 0.1) is 0 Å². The van der Waals surface area contributed by atoms with Gasteiger partial charge in [-0.3, -0.25) is 0 Å². The average Bonchev–Trinajstić information content (AvgIpc) is 1.61. The number of hydrogen-bond donors (Lipinski definition) is 0. The van der Waals surface area contributed by atoms with Crippen molar-refractivity contribution in [2.75, 3.05) is 0 Å². The molecule has 0 aliphatic carbocycles. The summed E-state index contributed by atoms with van der Waals surface area (Å²) in [5.41, 5.74) is 0. The maximum atomic E-state index is 2.31. The van der Waals surface area contributed by atoms with Crippen LogP contribution in [0.15, 0.2) is 0 Å². The van der Waals surface area contributed by atoms with E-state index in [1.807, 2.05) is 0 Å². The van der Waals surface area contributed by atoms with Gasteiger partial charge in [0, 0.05) is 0 Å². The fraction of sp³-hybridized carbons (Fsp3) is 1.00. The van der Waals surface area contributed by atoms with Gasteiger partial charge in [0.1, 0.15) is 7.28 Å². The molecule has 0 amide bonds. The SMILES string of the molecule is C.C.C.CC[B]CCC. The van der Waals surface area contributed by atoms with Gasteiger partial charge in [-0.25, -0.2) is 0 Å². The Morgan fingerprint density at radius 1 is 1.00 bits per heavy atom. The Labute approximate surface area is 63.3 Å². The third-order valence-electron chi connectivity index (χ3n) is 0.781. The van der Waals surface area contributed by atoms with E-state index in [1.54, 1.807) is 0 Å². The van der Waals surface area contributed by atoms with Crippen LogP contribution in [0.5, 0.6) is 0 Å². The summed E-state index contributed by atoms with van der Waals surface area (Å²) in [4.78, 5) is 0. The van der Waals surface area contributed by atoms with E-state index in [0.29, 0.717) is 0 Å². The first-order chi connectivity index (χ1) is 2.91. The molecule has 0 fully saturated rings. The summed E-state index contributed by atoms with van der Waals surface area (Å²) in [5, 5.41) is 0. The molecule has 0 aliphatic heterocycles. The van der Waals surface area contributed by atoms with Crippen LogP contribution in [0.3, 0.4) is 0 Å². The van der Waals surface area contributed by atoms with Gasteiger partial charge in [0.15, 0.2) is 0 Å². The quantitative estimate of drug-likeness (QED) is 0.403. The lowest BCUT2D eigenvalue weighted by Gasteiger charge is -1.83. The zero-order chi connectivity index (χ0) is 4.83. The molecule has 0 saturated carbocycles. The van der Waals surface area contributed by atoms with Crippen LogP contribution in [0.25, 0.3) is 0 Å². The molecule has 0 aromatic carbocycles. The molecule has 0 aromatic rings. The molecule has 0 spiro atoms. The molecule has 0 nitrogen and oxygen atoms in total. The summed E-state index contributed by atoms with van der Waals surface area (Å²) in [7, 11) is 2.31. The summed E-state index contributed by atoms with van der Waals surface area (Å²) in [6.07, 6.45) is 3.82. The van der Waals surface area contributed by atoms with Gasteiger partial charge < -0.3 is 0 Å². The molecule has 0 aliphatic rings. The van der Waals surface area contributed by atoms with Crippen molar-refractivity contribution in [2.24, 2.45) is 0 Å². The topological polar surface area (TPSA) is 0 Å². The summed E-state index contributed by atoms with van der Waals surface area (Å²) >= 11 is 0. The summed E-state index contributed by atoms with van der Waals surface area (Å²) in [6, 6.07) is 0. The molecule has 0 aromatic heterocycles. The van der Waals surface area contributed by atoms with E-state index >= 15 is 0 Å². The Bertz CT molecular complexity index is 16.5. The summed E-state index contributed by atoms with van der Waals surface area (Å²) in [5.74, 6) is 0. The van der Waals surface area contributed by atoms with Gasteiger partial charge in [0.05, 0.1) is 0 Å². The predicted molar refractivity (Wildman–Crippen MR) is 51.5 cm³/mol. The standard InChI is InChI=1S/C5H12B.3CH4/c1-3-5-6-4-2;;;/h3-5H2,1-2H3;3*1H4. The second-order valence-electron chi connectivity index (χ2n) is 1.49. The van der Waals surface area contributed by atoms with E-state index in [9.17, 15) is 0 Å². The van der Waals surface area contributed by atoms with Crippen molar-refractivity contribution in [3.8, 4) is 0 Å². The highest BCUT2D eigenvalue weighted by atomic mass is 13.6. The molecule has 0 bridgehead atoms. The number of rotatable bonds is 3. The maximum Gasteiger partial charge on any atom is 0.109 e. The van der Waals surface area contributed by atoms with Crippen molar-refractivity contribution in [3.63, 3.8) is 0 Å². The first-order valence-electron chi connectivity index (χ1n) is 2.73. The van der Waals surface area contributed by atoms with Gasteiger partial charge >= 0.3 is 0 Å². The molecule has 0 rings (SSSR count). The minimum atomic E-state index is 0. The minimum Gasteiger partial charge on any atom is -0.0831 e. The summed E-state index contributed by atoms with van der Waals surface area (Å²) < 4.78 is 0. The van der Waals surface area contributed by atoms with Gasteiger partial charge in [-0.05, 0) is 0 Å². The van der Waals surface area contributed by atoms with Crippen LogP contribution >= 0.6 is 0 Å². The molecular formula is C8H24B. The van der Waals surface area contributed by atoms with E-state index in [2.05, 4.69) is 21.1 Å². The minimum absolute atomic E-state index is 0. The Morgan fingerprint density at radius 2 is 1.44 bits per heavy atom. The molecule has 0 heterocycles. The van der Waals surface area contributed by atoms with E-state index in [1.165, 1.54) is 19.1 Å². The third-order valence-corrected chi connectivity index (χ3v) is 0.781. The van der Waals surface area contributed by atoms with Gasteiger partial charge in [0.2, 0.25) is 0 Å². The molecule has 0 atom stereocenters. The van der Waals surface area contributed by atoms with Crippen molar-refractivity contribution < 1.29 is 0 Å². The fourth-order valence-corrected chi connectivity index (χ4v) is 0.408. The smallest absolute Gasteiger partial charge is 0.0831 e. The molecule has 0 saturated heterocycles. The zero-order valence-electron chi connectivity index (χ0n) is 4.70. The number of hydrogen-bond acceptors (Lipinski definition) is 0. The highest BCUT2D eigenvalue weighted by molar-refractivity contribution is 6.35. The molecule has 1 heteroatoms. The van der Waals surface area contributed by atoms with Crippen molar-refractivity contribution in [1.82, 2.24) is 0 Å². The van der Waals surface area contributed by atoms with E-state index in [-0.39, 0.29) is 22.3 Å². The second-order valence-corrected chi connectivity index (χ2v) is 1.49. The Kier molecular flexibility index (Phi) is 62.2. The summed E-state index contributed by atoms with van der Waals surface area (Å²) in [6.45, 7) is 4.38. The monoisotopic (exact) mass is 131 g/mol. The van der Waals surface area contributed by atoms with Gasteiger partial charge in [-0.1, -0.05) is 55.2 Å². The van der Waals surface area contributed by atoms with E-state index in [0.717, 1.165) is 0 Å². The lowest BCUT2D eigenvalue weighted by atomic mass is 9.71. The van der Waals surface area contributed by atoms with Crippen molar-refractivity contribution in [2.45, 2.75) is 55.2 Å². The van der Waals surface area contributed by atoms with Crippen LogP contribution < -0.4 is 0 Å². The Morgan fingerprint density at radius 3 is 1.56 bits per heavy atom. The Balaban J connectivity index is -0.0000000417. The van der Waals surface area contributed by atoms with Crippen LogP contribution in [0.1, 0.15) is 42.5 Å². The first-order valence-corrected chi connectivity index (χ1v) is 2.73. The van der Waals surface area contributed by atoms with E-state index < -0.39 is 0 Å². The van der Waals surface area contributed by atoms with Crippen LogP contribution in [0.2, 0.25) is 12.6 Å². The fourth-order valence-electron chi connectivity index (χ4n) is 0.408. The van der Waals surface area contributed by atoms with Gasteiger partial charge in [0.25, 0.3) is 0 Å². The van der Waals surface area contributed by atoms with Crippen LogP contribution in [0.4, 0.5) is 0 Å². The normalized spacial score (nSPS) is 5.56. The average molecular weight is 131 g/mol. The van der Waals surface area contributed by atoms with Gasteiger partial charge in [-0.2, -0.15) is 0 Å². The highest BCUT2D eigenvalue weighted by Gasteiger charge is 1.78. The molecule has 0 unspecified atom stereocenters. The van der Waals surface area contributed by atoms with Crippen LogP contribution in [-0.4, -0.2) is 7.28 Å². The molecular weight excluding hydrogens is 107 g/mol. The lowest BCUT2D eigenvalue weighted by molar-refractivity contribution is 1.07. The van der Waals surface area contributed by atoms with Crippen molar-refractivity contribution in [1.29, 1.82) is 0 Å². The van der Waals surface area contributed by atoms with Gasteiger partial charge in [-0.15, -0.1) is 0 Å². The highest BCUT2D eigenvalue weighted by Crippen LogP contribution is 1.86. The second kappa shape index (κ2) is 24.4. The lowest BCUT2D eigenvalue weighted by Crippen LogP contribution is -1.80. The Hall–Kier alpha value is 0.0649. The molecule has 9 heavy (non-hydrogen) atoms. The molecule has 59 valence electrons. The predicted octanol–water partition coefficient (Wildman–Crippen LogP) is 3.87. The van der Waals surface area contributed by atoms with Crippen molar-refractivity contribution >= 4 is 7.28 Å². The molecule has 1 radical (unpaired) electrons. The third kappa shape index (κ3) is 31.6. The first kappa shape index (κ1) is 23.0. The van der Waals surface area contributed by atoms with E-state index in [4.69, 9.17) is 0 Å². The largest absolute Gasteiger partial charge is 0.109 e.